The van der Waals surface area contributed by atoms with Crippen LogP contribution < -0.4 is 16.0 Å². The number of amides is 1. The van der Waals surface area contributed by atoms with E-state index in [0.29, 0.717) is 38.8 Å². The Labute approximate surface area is 166 Å². The van der Waals surface area contributed by atoms with Gasteiger partial charge in [0.15, 0.2) is 5.96 Å². The molecule has 1 saturated heterocycles. The molecule has 1 aliphatic rings. The van der Waals surface area contributed by atoms with Crippen molar-refractivity contribution >= 4 is 11.9 Å². The first-order valence-electron chi connectivity index (χ1n) is 9.98. The van der Waals surface area contributed by atoms with Crippen molar-refractivity contribution < 1.29 is 19.4 Å². The van der Waals surface area contributed by atoms with Crippen molar-refractivity contribution in [2.45, 2.75) is 32.3 Å². The molecule has 0 bridgehead atoms. The number of aromatic hydroxyl groups is 1. The van der Waals surface area contributed by atoms with Gasteiger partial charge in [-0.05, 0) is 38.3 Å². The lowest BCUT2D eigenvalue weighted by Crippen LogP contribution is -2.41. The number of carbonyl (C=O) groups excluding carboxylic acids is 1. The summed E-state index contributed by atoms with van der Waals surface area (Å²) >= 11 is 0. The molecule has 1 atom stereocenters. The largest absolute Gasteiger partial charge is 0.507 e. The van der Waals surface area contributed by atoms with Gasteiger partial charge in [0, 0.05) is 39.4 Å². The maximum atomic E-state index is 12.0. The Kier molecular flexibility index (Phi) is 10.2. The highest BCUT2D eigenvalue weighted by Crippen LogP contribution is 2.14. The van der Waals surface area contributed by atoms with Crippen LogP contribution in [0.2, 0.25) is 0 Å². The second-order valence-electron chi connectivity index (χ2n) is 6.52. The van der Waals surface area contributed by atoms with Crippen LogP contribution >= 0.6 is 0 Å². The predicted molar refractivity (Wildman–Crippen MR) is 109 cm³/mol. The van der Waals surface area contributed by atoms with Crippen molar-refractivity contribution in [2.24, 2.45) is 4.99 Å². The lowest BCUT2D eigenvalue weighted by Gasteiger charge is -2.12. The Bertz CT molecular complexity index is 618. The molecule has 1 unspecified atom stereocenters. The minimum absolute atomic E-state index is 0.0235. The number of guanidine groups is 1. The molecule has 0 aliphatic carbocycles. The Balaban J connectivity index is 1.59. The van der Waals surface area contributed by atoms with Crippen molar-refractivity contribution in [3.63, 3.8) is 0 Å². The molecule has 1 fully saturated rings. The minimum Gasteiger partial charge on any atom is -0.507 e. The van der Waals surface area contributed by atoms with E-state index in [1.165, 1.54) is 6.07 Å². The molecule has 8 nitrogen and oxygen atoms in total. The first-order valence-corrected chi connectivity index (χ1v) is 9.98. The molecule has 2 rings (SSSR count). The number of nitrogens with one attached hydrogen (secondary N) is 3. The van der Waals surface area contributed by atoms with Crippen molar-refractivity contribution in [3.8, 4) is 5.75 Å². The van der Waals surface area contributed by atoms with E-state index in [2.05, 4.69) is 20.9 Å². The van der Waals surface area contributed by atoms with E-state index < -0.39 is 0 Å². The van der Waals surface area contributed by atoms with Gasteiger partial charge in [0.1, 0.15) is 5.75 Å². The summed E-state index contributed by atoms with van der Waals surface area (Å²) in [5.74, 6) is 0.383. The fourth-order valence-electron chi connectivity index (χ4n) is 2.81. The van der Waals surface area contributed by atoms with Gasteiger partial charge in [-0.2, -0.15) is 0 Å². The lowest BCUT2D eigenvalue weighted by atomic mass is 10.2. The van der Waals surface area contributed by atoms with E-state index >= 15 is 0 Å². The standard InChI is InChI=1S/C20H32N4O4/c1-2-21-20(23-10-6-13-27-15-16-7-5-14-28-16)24-12-11-22-19(26)17-8-3-4-9-18(17)25/h3-4,8-9,16,25H,2,5-7,10-15H2,1H3,(H,22,26)(H2,21,23,24). The molecular weight excluding hydrogens is 360 g/mol. The quantitative estimate of drug-likeness (QED) is 0.257. The molecule has 0 aromatic heterocycles. The molecule has 1 aromatic rings. The van der Waals surface area contributed by atoms with Crippen molar-refractivity contribution in [2.75, 3.05) is 46.0 Å². The van der Waals surface area contributed by atoms with Gasteiger partial charge in [0.05, 0.1) is 18.3 Å². The SMILES string of the molecule is CCNC(=NCCCOCC1CCCO1)NCCNC(=O)c1ccccc1O. The zero-order valence-electron chi connectivity index (χ0n) is 16.6. The van der Waals surface area contributed by atoms with E-state index in [1.807, 2.05) is 6.92 Å². The molecule has 4 N–H and O–H groups in total. The molecule has 0 saturated carbocycles. The normalized spacial score (nSPS) is 16.8. The van der Waals surface area contributed by atoms with Crippen LogP contribution in [0.4, 0.5) is 0 Å². The average molecular weight is 393 g/mol. The Morgan fingerprint density at radius 2 is 2.11 bits per heavy atom. The summed E-state index contributed by atoms with van der Waals surface area (Å²) in [4.78, 5) is 16.5. The molecule has 0 spiro atoms. The van der Waals surface area contributed by atoms with Gasteiger partial charge in [-0.1, -0.05) is 12.1 Å². The summed E-state index contributed by atoms with van der Waals surface area (Å²) in [6.45, 7) is 6.54. The zero-order valence-corrected chi connectivity index (χ0v) is 16.6. The predicted octanol–water partition coefficient (Wildman–Crippen LogP) is 1.26. The smallest absolute Gasteiger partial charge is 0.255 e. The molecule has 0 radical (unpaired) electrons. The number of ether oxygens (including phenoxy) is 2. The number of nitrogens with zero attached hydrogens (tertiary/aromatic N) is 1. The van der Waals surface area contributed by atoms with Crippen LogP contribution in [0, 0.1) is 0 Å². The van der Waals surface area contributed by atoms with Crippen molar-refractivity contribution in [1.82, 2.24) is 16.0 Å². The molecule has 28 heavy (non-hydrogen) atoms. The number of carbonyl (C=O) groups is 1. The average Bonchev–Trinajstić information content (AvgIpc) is 3.21. The molecule has 1 aliphatic heterocycles. The van der Waals surface area contributed by atoms with Gasteiger partial charge >= 0.3 is 0 Å². The highest BCUT2D eigenvalue weighted by atomic mass is 16.5. The van der Waals surface area contributed by atoms with Crippen LogP contribution in [-0.2, 0) is 9.47 Å². The molecule has 8 heteroatoms. The topological polar surface area (TPSA) is 104 Å². The van der Waals surface area contributed by atoms with Gasteiger partial charge in [-0.15, -0.1) is 0 Å². The van der Waals surface area contributed by atoms with Crippen molar-refractivity contribution in [1.29, 1.82) is 0 Å². The third-order valence-corrected chi connectivity index (χ3v) is 4.24. The van der Waals surface area contributed by atoms with Gasteiger partial charge in [0.25, 0.3) is 5.91 Å². The molecule has 156 valence electrons. The highest BCUT2D eigenvalue weighted by molar-refractivity contribution is 5.96. The van der Waals surface area contributed by atoms with Gasteiger partial charge in [0.2, 0.25) is 0 Å². The highest BCUT2D eigenvalue weighted by Gasteiger charge is 2.14. The fourth-order valence-corrected chi connectivity index (χ4v) is 2.81. The number of rotatable bonds is 11. The van der Waals surface area contributed by atoms with E-state index in [-0.39, 0.29) is 23.3 Å². The summed E-state index contributed by atoms with van der Waals surface area (Å²) in [5.41, 5.74) is 0.270. The number of hydrogen-bond donors (Lipinski definition) is 4. The molecule has 1 heterocycles. The van der Waals surface area contributed by atoms with Crippen LogP contribution in [0.25, 0.3) is 0 Å². The molecule has 1 aromatic carbocycles. The number of benzene rings is 1. The number of phenols is 1. The van der Waals surface area contributed by atoms with Gasteiger partial charge in [-0.3, -0.25) is 9.79 Å². The Morgan fingerprint density at radius 3 is 2.86 bits per heavy atom. The second-order valence-corrected chi connectivity index (χ2v) is 6.52. The Morgan fingerprint density at radius 1 is 1.29 bits per heavy atom. The first kappa shape index (κ1) is 22.0. The molecule has 1 amide bonds. The number of para-hydroxylation sites is 1. The van der Waals surface area contributed by atoms with Crippen molar-refractivity contribution in [3.05, 3.63) is 29.8 Å². The minimum atomic E-state index is -0.301. The van der Waals surface area contributed by atoms with E-state index in [4.69, 9.17) is 9.47 Å². The van der Waals surface area contributed by atoms with Crippen LogP contribution in [0.5, 0.6) is 5.75 Å². The maximum Gasteiger partial charge on any atom is 0.255 e. The summed E-state index contributed by atoms with van der Waals surface area (Å²) in [7, 11) is 0. The lowest BCUT2D eigenvalue weighted by molar-refractivity contribution is 0.0171. The van der Waals surface area contributed by atoms with E-state index in [9.17, 15) is 9.90 Å². The monoisotopic (exact) mass is 392 g/mol. The summed E-state index contributed by atoms with van der Waals surface area (Å²) in [6, 6.07) is 6.48. The fraction of sp³-hybridized carbons (Fsp3) is 0.600. The first-order chi connectivity index (χ1) is 13.7. The number of hydrogen-bond acceptors (Lipinski definition) is 5. The van der Waals surface area contributed by atoms with Crippen LogP contribution in [-0.4, -0.2) is 69.1 Å². The van der Waals surface area contributed by atoms with Gasteiger partial charge in [-0.25, -0.2) is 0 Å². The third-order valence-electron chi connectivity index (χ3n) is 4.24. The Hall–Kier alpha value is -2.32. The summed E-state index contributed by atoms with van der Waals surface area (Å²) < 4.78 is 11.2. The van der Waals surface area contributed by atoms with Crippen LogP contribution in [0.3, 0.4) is 0 Å². The van der Waals surface area contributed by atoms with Crippen LogP contribution in [0.1, 0.15) is 36.5 Å². The third kappa shape index (κ3) is 8.14. The van der Waals surface area contributed by atoms with E-state index in [1.54, 1.807) is 18.2 Å². The molecular formula is C20H32N4O4. The number of phenolic OH excluding ortho intramolecular Hbond substituents is 1. The second kappa shape index (κ2) is 13.0. The zero-order chi connectivity index (χ0) is 20.0. The number of aliphatic imine (C=N–C) groups is 1. The maximum absolute atomic E-state index is 12.0. The summed E-state index contributed by atoms with van der Waals surface area (Å²) in [5, 5.41) is 18.8. The van der Waals surface area contributed by atoms with Gasteiger partial charge < -0.3 is 30.5 Å². The summed E-state index contributed by atoms with van der Waals surface area (Å²) in [6.07, 6.45) is 3.32. The van der Waals surface area contributed by atoms with E-state index in [0.717, 1.165) is 32.4 Å². The van der Waals surface area contributed by atoms with Crippen LogP contribution in [0.15, 0.2) is 29.3 Å².